The van der Waals surface area contributed by atoms with Gasteiger partial charge in [-0.3, -0.25) is 4.79 Å². The third-order valence-electron chi connectivity index (χ3n) is 6.57. The summed E-state index contributed by atoms with van der Waals surface area (Å²) in [5.41, 5.74) is 0.298. The lowest BCUT2D eigenvalue weighted by Crippen LogP contribution is -2.55. The Kier molecular flexibility index (Phi) is 3.94. The number of esters is 1. The minimum Gasteiger partial charge on any atom is -0.465 e. The zero-order chi connectivity index (χ0) is 16.9. The van der Waals surface area contributed by atoms with Crippen LogP contribution in [-0.4, -0.2) is 25.0 Å². The highest BCUT2D eigenvalue weighted by Gasteiger charge is 2.53. The van der Waals surface area contributed by atoms with Gasteiger partial charge in [0.2, 0.25) is 0 Å². The second-order valence-electron chi connectivity index (χ2n) is 8.13. The molecule has 0 radical (unpaired) electrons. The number of thiophene rings is 1. The third-order valence-corrected chi connectivity index (χ3v) is 7.63. The molecule has 1 atom stereocenters. The van der Waals surface area contributed by atoms with Crippen LogP contribution in [0.1, 0.15) is 64.8 Å². The van der Waals surface area contributed by atoms with Crippen molar-refractivity contribution in [1.29, 1.82) is 0 Å². The molecule has 4 aliphatic rings. The smallest absolute Gasteiger partial charge is 0.348 e. The molecular formula is C19H25NO3S. The molecule has 0 aliphatic heterocycles. The standard InChI is InChI=1S/C19H25NO3S/c1-11(19-8-12-5-13(9-19)7-14(6-12)10-19)20-17(21)15-3-4-16(24-15)18(22)23-2/h3-4,11-14H,5-10H2,1-2H3,(H,20,21). The van der Waals surface area contributed by atoms with E-state index in [1.807, 2.05) is 0 Å². The lowest BCUT2D eigenvalue weighted by atomic mass is 9.48. The summed E-state index contributed by atoms with van der Waals surface area (Å²) in [6, 6.07) is 3.58. The summed E-state index contributed by atoms with van der Waals surface area (Å²) in [6.45, 7) is 2.18. The zero-order valence-electron chi connectivity index (χ0n) is 14.3. The van der Waals surface area contributed by atoms with Crippen LogP contribution in [-0.2, 0) is 4.74 Å². The number of amides is 1. The number of carbonyl (C=O) groups excluding carboxylic acids is 2. The van der Waals surface area contributed by atoms with E-state index < -0.39 is 0 Å². The Morgan fingerprint density at radius 2 is 1.67 bits per heavy atom. The molecule has 0 saturated heterocycles. The fourth-order valence-corrected chi connectivity index (χ4v) is 6.63. The van der Waals surface area contributed by atoms with E-state index in [9.17, 15) is 9.59 Å². The molecule has 4 saturated carbocycles. The Labute approximate surface area is 147 Å². The van der Waals surface area contributed by atoms with E-state index in [1.165, 1.54) is 57.0 Å². The summed E-state index contributed by atoms with van der Waals surface area (Å²) in [6.07, 6.45) is 8.06. The summed E-state index contributed by atoms with van der Waals surface area (Å²) in [5.74, 6) is 2.20. The highest BCUT2D eigenvalue weighted by Crippen LogP contribution is 2.61. The molecule has 5 rings (SSSR count). The predicted octanol–water partition coefficient (Wildman–Crippen LogP) is 3.87. The summed E-state index contributed by atoms with van der Waals surface area (Å²) >= 11 is 1.21. The van der Waals surface area contributed by atoms with Gasteiger partial charge in [0.15, 0.2) is 0 Å². The van der Waals surface area contributed by atoms with Gasteiger partial charge in [0.25, 0.3) is 5.91 Å². The van der Waals surface area contributed by atoms with Gasteiger partial charge in [-0.05, 0) is 80.8 Å². The topological polar surface area (TPSA) is 55.4 Å². The van der Waals surface area contributed by atoms with Gasteiger partial charge in [0, 0.05) is 6.04 Å². The minimum absolute atomic E-state index is 0.0570. The molecule has 1 unspecified atom stereocenters. The molecular weight excluding hydrogens is 322 g/mol. The van der Waals surface area contributed by atoms with Gasteiger partial charge in [0.1, 0.15) is 4.88 Å². The van der Waals surface area contributed by atoms with E-state index in [0.29, 0.717) is 15.2 Å². The molecule has 130 valence electrons. The van der Waals surface area contributed by atoms with E-state index in [1.54, 1.807) is 12.1 Å². The van der Waals surface area contributed by atoms with Gasteiger partial charge in [-0.15, -0.1) is 11.3 Å². The highest BCUT2D eigenvalue weighted by atomic mass is 32.1. The number of hydrogen-bond acceptors (Lipinski definition) is 4. The van der Waals surface area contributed by atoms with Crippen molar-refractivity contribution >= 4 is 23.2 Å². The Bertz CT molecular complexity index is 630. The van der Waals surface area contributed by atoms with Crippen molar-refractivity contribution < 1.29 is 14.3 Å². The SMILES string of the molecule is COC(=O)c1ccc(C(=O)NC(C)C23CC4CC(CC(C4)C2)C3)s1. The van der Waals surface area contributed by atoms with E-state index in [2.05, 4.69) is 12.2 Å². The van der Waals surface area contributed by atoms with Crippen LogP contribution in [0.25, 0.3) is 0 Å². The molecule has 1 heterocycles. The molecule has 1 N–H and O–H groups in total. The van der Waals surface area contributed by atoms with E-state index in [0.717, 1.165) is 17.8 Å². The lowest BCUT2D eigenvalue weighted by Gasteiger charge is -2.59. The van der Waals surface area contributed by atoms with Gasteiger partial charge in [-0.1, -0.05) is 0 Å². The van der Waals surface area contributed by atoms with Crippen LogP contribution in [0.5, 0.6) is 0 Å². The summed E-state index contributed by atoms with van der Waals surface area (Å²) < 4.78 is 4.71. The average Bonchev–Trinajstić information content (AvgIpc) is 3.03. The molecule has 1 amide bonds. The van der Waals surface area contributed by atoms with Crippen molar-refractivity contribution in [2.45, 2.75) is 51.5 Å². The molecule has 4 fully saturated rings. The monoisotopic (exact) mass is 347 g/mol. The molecule has 0 aromatic carbocycles. The number of hydrogen-bond donors (Lipinski definition) is 1. The van der Waals surface area contributed by atoms with Gasteiger partial charge < -0.3 is 10.1 Å². The van der Waals surface area contributed by atoms with E-state index in [4.69, 9.17) is 4.74 Å². The largest absolute Gasteiger partial charge is 0.465 e. The van der Waals surface area contributed by atoms with E-state index >= 15 is 0 Å². The third kappa shape index (κ3) is 2.67. The summed E-state index contributed by atoms with van der Waals surface area (Å²) in [4.78, 5) is 25.2. The molecule has 4 aliphatic carbocycles. The van der Waals surface area contributed by atoms with Crippen molar-refractivity contribution in [2.24, 2.45) is 23.2 Å². The number of ether oxygens (including phenoxy) is 1. The first kappa shape index (κ1) is 16.1. The van der Waals surface area contributed by atoms with Gasteiger partial charge in [-0.25, -0.2) is 4.79 Å². The highest BCUT2D eigenvalue weighted by molar-refractivity contribution is 7.15. The number of rotatable bonds is 4. The molecule has 0 spiro atoms. The maximum absolute atomic E-state index is 12.6. The molecule has 1 aromatic rings. The fourth-order valence-electron chi connectivity index (χ4n) is 5.80. The van der Waals surface area contributed by atoms with Crippen LogP contribution in [0.2, 0.25) is 0 Å². The van der Waals surface area contributed by atoms with Crippen molar-refractivity contribution in [1.82, 2.24) is 5.32 Å². The van der Waals surface area contributed by atoms with Crippen LogP contribution in [0.4, 0.5) is 0 Å². The number of nitrogens with one attached hydrogen (secondary N) is 1. The summed E-state index contributed by atoms with van der Waals surface area (Å²) in [7, 11) is 1.36. The van der Waals surface area contributed by atoms with Crippen molar-refractivity contribution in [2.75, 3.05) is 7.11 Å². The quantitative estimate of drug-likeness (QED) is 0.841. The molecule has 5 heteroatoms. The van der Waals surface area contributed by atoms with Gasteiger partial charge in [-0.2, -0.15) is 0 Å². The second-order valence-corrected chi connectivity index (χ2v) is 9.21. The predicted molar refractivity (Wildman–Crippen MR) is 93.2 cm³/mol. The Morgan fingerprint density at radius 1 is 1.12 bits per heavy atom. The van der Waals surface area contributed by atoms with Crippen LogP contribution in [0, 0.1) is 23.2 Å². The van der Waals surface area contributed by atoms with Crippen LogP contribution in [0.15, 0.2) is 12.1 Å². The number of carbonyl (C=O) groups is 2. The molecule has 1 aromatic heterocycles. The first-order valence-electron chi connectivity index (χ1n) is 8.98. The van der Waals surface area contributed by atoms with Gasteiger partial charge >= 0.3 is 5.97 Å². The number of methoxy groups -OCH3 is 1. The Morgan fingerprint density at radius 3 is 2.21 bits per heavy atom. The van der Waals surface area contributed by atoms with Crippen LogP contribution >= 0.6 is 11.3 Å². The van der Waals surface area contributed by atoms with Crippen molar-refractivity contribution in [3.8, 4) is 0 Å². The normalized spacial score (nSPS) is 34.8. The first-order chi connectivity index (χ1) is 11.5. The second kappa shape index (κ2) is 5.87. The summed E-state index contributed by atoms with van der Waals surface area (Å²) in [5, 5.41) is 3.24. The molecule has 4 bridgehead atoms. The lowest BCUT2D eigenvalue weighted by molar-refractivity contribution is -0.0687. The molecule has 24 heavy (non-hydrogen) atoms. The minimum atomic E-state index is -0.381. The first-order valence-corrected chi connectivity index (χ1v) is 9.80. The van der Waals surface area contributed by atoms with Gasteiger partial charge in [0.05, 0.1) is 12.0 Å². The fraction of sp³-hybridized carbons (Fsp3) is 0.684. The van der Waals surface area contributed by atoms with E-state index in [-0.39, 0.29) is 17.9 Å². The Balaban J connectivity index is 1.46. The van der Waals surface area contributed by atoms with Crippen LogP contribution in [0.3, 0.4) is 0 Å². The molecule has 4 nitrogen and oxygen atoms in total. The van der Waals surface area contributed by atoms with Crippen molar-refractivity contribution in [3.05, 3.63) is 21.9 Å². The maximum Gasteiger partial charge on any atom is 0.348 e. The average molecular weight is 347 g/mol. The zero-order valence-corrected chi connectivity index (χ0v) is 15.2. The Hall–Kier alpha value is -1.36. The van der Waals surface area contributed by atoms with Crippen molar-refractivity contribution in [3.63, 3.8) is 0 Å². The maximum atomic E-state index is 12.6. The van der Waals surface area contributed by atoms with Crippen LogP contribution < -0.4 is 5.32 Å².